The van der Waals surface area contributed by atoms with Crippen LogP contribution in [0, 0.1) is 5.82 Å². The van der Waals surface area contributed by atoms with Crippen LogP contribution in [0.4, 0.5) is 4.39 Å². The van der Waals surface area contributed by atoms with Gasteiger partial charge in [-0.15, -0.1) is 11.3 Å². The van der Waals surface area contributed by atoms with E-state index in [2.05, 4.69) is 21.4 Å². The lowest BCUT2D eigenvalue weighted by atomic mass is 10.0. The summed E-state index contributed by atoms with van der Waals surface area (Å²) in [6.07, 6.45) is 0.502. The van der Waals surface area contributed by atoms with Crippen LogP contribution in [0.2, 0.25) is 8.67 Å². The molecule has 102 valence electrons. The second kappa shape index (κ2) is 6.52. The normalized spacial score (nSPS) is 12.7. The zero-order chi connectivity index (χ0) is 14.0. The second-order valence-corrected chi connectivity index (χ2v) is 6.99. The van der Waals surface area contributed by atoms with Crippen LogP contribution in [-0.4, -0.2) is 0 Å². The minimum atomic E-state index is -0.303. The highest BCUT2D eigenvalue weighted by Gasteiger charge is 2.18. The van der Waals surface area contributed by atoms with Gasteiger partial charge in [-0.3, -0.25) is 11.3 Å². The van der Waals surface area contributed by atoms with Crippen LogP contribution in [0.3, 0.4) is 0 Å². The number of thiophene rings is 1. The van der Waals surface area contributed by atoms with Crippen LogP contribution in [-0.2, 0) is 6.42 Å². The Morgan fingerprint density at radius 3 is 2.74 bits per heavy atom. The molecule has 1 unspecified atom stereocenters. The first kappa shape index (κ1) is 15.2. The van der Waals surface area contributed by atoms with E-state index >= 15 is 0 Å². The van der Waals surface area contributed by atoms with E-state index in [-0.39, 0.29) is 11.9 Å². The van der Waals surface area contributed by atoms with Crippen LogP contribution < -0.4 is 11.3 Å². The molecule has 19 heavy (non-hydrogen) atoms. The number of hydrogen-bond acceptors (Lipinski definition) is 3. The molecule has 0 aliphatic heterocycles. The van der Waals surface area contributed by atoms with Crippen molar-refractivity contribution in [1.29, 1.82) is 0 Å². The van der Waals surface area contributed by atoms with Gasteiger partial charge in [0.1, 0.15) is 5.82 Å². The highest BCUT2D eigenvalue weighted by Crippen LogP contribution is 2.36. The average molecular weight is 384 g/mol. The molecular weight excluding hydrogens is 374 g/mol. The summed E-state index contributed by atoms with van der Waals surface area (Å²) in [6, 6.07) is 6.43. The van der Waals surface area contributed by atoms with E-state index in [1.165, 1.54) is 17.4 Å². The van der Waals surface area contributed by atoms with Crippen molar-refractivity contribution in [1.82, 2.24) is 5.43 Å². The number of benzene rings is 1. The molecule has 0 aliphatic carbocycles. The molecule has 0 saturated heterocycles. The monoisotopic (exact) mass is 382 g/mol. The van der Waals surface area contributed by atoms with E-state index in [9.17, 15) is 4.39 Å². The molecule has 1 heterocycles. The van der Waals surface area contributed by atoms with E-state index in [1.807, 2.05) is 6.07 Å². The number of nitrogens with two attached hydrogens (primary N) is 1. The lowest BCUT2D eigenvalue weighted by molar-refractivity contribution is 0.548. The zero-order valence-corrected chi connectivity index (χ0v) is 13.5. The quantitative estimate of drug-likeness (QED) is 0.592. The predicted octanol–water partition coefficient (Wildman–Crippen LogP) is 4.70. The molecule has 2 nitrogen and oxygen atoms in total. The molecule has 2 rings (SSSR count). The van der Waals surface area contributed by atoms with Gasteiger partial charge in [-0.25, -0.2) is 4.39 Å². The molecule has 1 aromatic heterocycles. The predicted molar refractivity (Wildman–Crippen MR) is 82.2 cm³/mol. The number of nitrogens with one attached hydrogen (secondary N) is 1. The maximum absolute atomic E-state index is 13.5. The third-order valence-corrected chi connectivity index (χ3v) is 5.12. The van der Waals surface area contributed by atoms with Gasteiger partial charge in [0.2, 0.25) is 0 Å². The van der Waals surface area contributed by atoms with Gasteiger partial charge >= 0.3 is 0 Å². The molecule has 0 spiro atoms. The van der Waals surface area contributed by atoms with Crippen molar-refractivity contribution in [3.8, 4) is 0 Å². The lowest BCUT2D eigenvalue weighted by Gasteiger charge is -2.16. The maximum Gasteiger partial charge on any atom is 0.137 e. The van der Waals surface area contributed by atoms with Crippen molar-refractivity contribution in [3.05, 3.63) is 54.4 Å². The standard InChI is InChI=1S/C12H10BrCl2FN2S/c13-11-6(2-1-3-8(11)16)4-9(18-17)7-5-10(14)19-12(7)15/h1-3,5,9,18H,4,17H2. The summed E-state index contributed by atoms with van der Waals surface area (Å²) in [5.74, 6) is 5.26. The van der Waals surface area contributed by atoms with Gasteiger partial charge in [-0.2, -0.15) is 0 Å². The highest BCUT2D eigenvalue weighted by atomic mass is 79.9. The number of rotatable bonds is 4. The van der Waals surface area contributed by atoms with E-state index < -0.39 is 0 Å². The minimum absolute atomic E-state index is 0.227. The Morgan fingerprint density at radius 2 is 2.16 bits per heavy atom. The van der Waals surface area contributed by atoms with E-state index in [0.717, 1.165) is 11.1 Å². The molecule has 0 saturated carbocycles. The van der Waals surface area contributed by atoms with Crippen LogP contribution in [0.1, 0.15) is 17.2 Å². The van der Waals surface area contributed by atoms with E-state index in [4.69, 9.17) is 29.0 Å². The summed E-state index contributed by atoms with van der Waals surface area (Å²) in [4.78, 5) is 0. The molecular formula is C12H10BrCl2FN2S. The topological polar surface area (TPSA) is 38.0 Å². The summed E-state index contributed by atoms with van der Waals surface area (Å²) < 4.78 is 15.1. The summed E-state index contributed by atoms with van der Waals surface area (Å²) in [7, 11) is 0. The zero-order valence-electron chi connectivity index (χ0n) is 9.59. The fourth-order valence-corrected chi connectivity index (χ4v) is 3.78. The Hall–Kier alpha value is -0.170. The molecule has 1 atom stereocenters. The van der Waals surface area contributed by atoms with Crippen molar-refractivity contribution < 1.29 is 4.39 Å². The Balaban J connectivity index is 2.29. The molecule has 3 N–H and O–H groups in total. The lowest BCUT2D eigenvalue weighted by Crippen LogP contribution is -2.29. The fraction of sp³-hybridized carbons (Fsp3) is 0.167. The van der Waals surface area contributed by atoms with Gasteiger partial charge in [-0.05, 0) is 40.0 Å². The van der Waals surface area contributed by atoms with E-state index in [0.29, 0.717) is 19.6 Å². The SMILES string of the molecule is NNC(Cc1cccc(F)c1Br)c1cc(Cl)sc1Cl. The van der Waals surface area contributed by atoms with Crippen molar-refractivity contribution in [2.45, 2.75) is 12.5 Å². The molecule has 0 aliphatic rings. The summed E-state index contributed by atoms with van der Waals surface area (Å²) in [5.41, 5.74) is 4.31. The third-order valence-electron chi connectivity index (χ3n) is 2.72. The first-order valence-corrected chi connectivity index (χ1v) is 7.73. The summed E-state index contributed by atoms with van der Waals surface area (Å²) in [6.45, 7) is 0. The summed E-state index contributed by atoms with van der Waals surface area (Å²) in [5, 5.41) is 0. The van der Waals surface area contributed by atoms with Gasteiger partial charge in [0, 0.05) is 5.56 Å². The van der Waals surface area contributed by atoms with Gasteiger partial charge in [0.15, 0.2) is 0 Å². The summed E-state index contributed by atoms with van der Waals surface area (Å²) >= 11 is 16.5. The highest BCUT2D eigenvalue weighted by molar-refractivity contribution is 9.10. The first-order chi connectivity index (χ1) is 9.02. The molecule has 7 heteroatoms. The second-order valence-electron chi connectivity index (χ2n) is 3.92. The Bertz CT molecular complexity index is 591. The molecule has 0 radical (unpaired) electrons. The van der Waals surface area contributed by atoms with Crippen molar-refractivity contribution in [2.24, 2.45) is 5.84 Å². The fourth-order valence-electron chi connectivity index (χ4n) is 1.78. The van der Waals surface area contributed by atoms with Crippen LogP contribution >= 0.6 is 50.5 Å². The molecule has 0 bridgehead atoms. The van der Waals surface area contributed by atoms with E-state index in [1.54, 1.807) is 12.1 Å². The minimum Gasteiger partial charge on any atom is -0.271 e. The van der Waals surface area contributed by atoms with Crippen LogP contribution in [0.25, 0.3) is 0 Å². The van der Waals surface area contributed by atoms with Gasteiger partial charge < -0.3 is 0 Å². The van der Waals surface area contributed by atoms with Crippen LogP contribution in [0.15, 0.2) is 28.7 Å². The van der Waals surface area contributed by atoms with Crippen molar-refractivity contribution in [3.63, 3.8) is 0 Å². The number of hydrogen-bond donors (Lipinski definition) is 2. The van der Waals surface area contributed by atoms with Gasteiger partial charge in [-0.1, -0.05) is 35.3 Å². The van der Waals surface area contributed by atoms with Crippen molar-refractivity contribution >= 4 is 50.5 Å². The average Bonchev–Trinajstić information content (AvgIpc) is 2.70. The third kappa shape index (κ3) is 3.48. The smallest absolute Gasteiger partial charge is 0.137 e. The number of halogens is 4. The maximum atomic E-state index is 13.5. The molecule has 0 fully saturated rings. The Kier molecular flexibility index (Phi) is 5.22. The molecule has 2 aromatic rings. The number of hydrazine groups is 1. The van der Waals surface area contributed by atoms with Gasteiger partial charge in [0.05, 0.1) is 19.2 Å². The first-order valence-electron chi connectivity index (χ1n) is 5.36. The Labute approximate surface area is 132 Å². The Morgan fingerprint density at radius 1 is 1.42 bits per heavy atom. The van der Waals surface area contributed by atoms with Crippen LogP contribution in [0.5, 0.6) is 0 Å². The molecule has 0 amide bonds. The van der Waals surface area contributed by atoms with Crippen molar-refractivity contribution in [2.75, 3.05) is 0 Å². The molecule has 1 aromatic carbocycles. The largest absolute Gasteiger partial charge is 0.271 e. The van der Waals surface area contributed by atoms with Gasteiger partial charge in [0.25, 0.3) is 0 Å².